The topological polar surface area (TPSA) is 106 Å². The van der Waals surface area contributed by atoms with Gasteiger partial charge in [0.1, 0.15) is 5.69 Å². The van der Waals surface area contributed by atoms with Gasteiger partial charge >= 0.3 is 0 Å². The average molecular weight is 357 g/mol. The van der Waals surface area contributed by atoms with Crippen LogP contribution in [0.2, 0.25) is 0 Å². The van der Waals surface area contributed by atoms with Gasteiger partial charge in [0.25, 0.3) is 11.6 Å². The number of hydrogen-bond donors (Lipinski definition) is 2. The predicted octanol–water partition coefficient (Wildman–Crippen LogP) is 0.117. The second kappa shape index (κ2) is 7.87. The number of para-hydroxylation sites is 2. The van der Waals surface area contributed by atoms with Crippen LogP contribution in [0.4, 0.5) is 17.3 Å². The Morgan fingerprint density at radius 3 is 2.54 bits per heavy atom. The van der Waals surface area contributed by atoms with Crippen LogP contribution in [0.25, 0.3) is 0 Å². The molecule has 1 aliphatic heterocycles. The lowest BCUT2D eigenvalue weighted by atomic mass is 10.2. The monoisotopic (exact) mass is 357 g/mol. The van der Waals surface area contributed by atoms with Crippen LogP contribution in [0.15, 0.2) is 42.7 Å². The van der Waals surface area contributed by atoms with Crippen molar-refractivity contribution in [2.75, 3.05) is 36.4 Å². The minimum Gasteiger partial charge on any atom is -0.330 e. The summed E-state index contributed by atoms with van der Waals surface area (Å²) in [5.74, 6) is 0.474. The van der Waals surface area contributed by atoms with E-state index in [2.05, 4.69) is 20.2 Å². The summed E-state index contributed by atoms with van der Waals surface area (Å²) in [4.78, 5) is 34.9. The average Bonchev–Trinajstić information content (AvgIpc) is 2.68. The minimum absolute atomic E-state index is 0.103. The van der Waals surface area contributed by atoms with Crippen molar-refractivity contribution in [3.05, 3.63) is 52.8 Å². The smallest absolute Gasteiger partial charge is 0.292 e. The second-order valence-electron chi connectivity index (χ2n) is 6.18. The number of carbonyl (C=O) groups excluding carboxylic acids is 1. The van der Waals surface area contributed by atoms with Crippen LogP contribution in [0.5, 0.6) is 0 Å². The van der Waals surface area contributed by atoms with Crippen LogP contribution < -0.4 is 15.1 Å². The van der Waals surface area contributed by atoms with E-state index in [1.807, 2.05) is 6.92 Å². The number of carbonyl (C=O) groups is 1. The molecule has 1 fully saturated rings. The van der Waals surface area contributed by atoms with Crippen LogP contribution in [0, 0.1) is 10.1 Å². The Labute approximate surface area is 150 Å². The van der Waals surface area contributed by atoms with E-state index in [-0.39, 0.29) is 23.3 Å². The maximum atomic E-state index is 12.5. The molecule has 0 bridgehead atoms. The number of nitro benzene ring substituents is 1. The number of hydrogen-bond acceptors (Lipinski definition) is 6. The summed E-state index contributed by atoms with van der Waals surface area (Å²) in [7, 11) is 0. The summed E-state index contributed by atoms with van der Waals surface area (Å²) in [6.07, 6.45) is 3.43. The molecule has 2 N–H and O–H groups in total. The van der Waals surface area contributed by atoms with E-state index in [0.29, 0.717) is 5.95 Å². The molecule has 0 saturated carbocycles. The molecule has 1 amide bonds. The Kier molecular flexibility index (Phi) is 5.37. The number of aromatic nitrogens is 2. The standard InChI is InChI=1S/C17H20N6O3/c1-13(16(24)20-14-5-2-3-6-15(14)23(25)26)21-9-11-22(12-10-21)17-18-7-4-8-19-17/h2-8,13H,9-12H2,1H3,(H,20,24)/p+1/t13-/m1/s1. The van der Waals surface area contributed by atoms with Crippen LogP contribution in [0.3, 0.4) is 0 Å². The number of nitro groups is 1. The van der Waals surface area contributed by atoms with Crippen molar-refractivity contribution in [2.24, 2.45) is 0 Å². The molecule has 3 rings (SSSR count). The van der Waals surface area contributed by atoms with E-state index < -0.39 is 4.92 Å². The van der Waals surface area contributed by atoms with Crippen molar-refractivity contribution in [3.8, 4) is 0 Å². The first-order chi connectivity index (χ1) is 12.6. The number of nitrogens with zero attached hydrogens (tertiary/aromatic N) is 4. The lowest BCUT2D eigenvalue weighted by molar-refractivity contribution is -0.914. The third kappa shape index (κ3) is 3.94. The van der Waals surface area contributed by atoms with Crippen molar-refractivity contribution in [2.45, 2.75) is 13.0 Å². The van der Waals surface area contributed by atoms with Gasteiger partial charge < -0.3 is 15.1 Å². The Morgan fingerprint density at radius 2 is 1.88 bits per heavy atom. The van der Waals surface area contributed by atoms with Gasteiger partial charge in [0.15, 0.2) is 6.04 Å². The lowest BCUT2D eigenvalue weighted by Crippen LogP contribution is -3.19. The third-order valence-electron chi connectivity index (χ3n) is 4.60. The lowest BCUT2D eigenvalue weighted by Gasteiger charge is -2.34. The normalized spacial score (nSPS) is 16.1. The molecule has 0 spiro atoms. The summed E-state index contributed by atoms with van der Waals surface area (Å²) >= 11 is 0. The fourth-order valence-electron chi connectivity index (χ4n) is 3.05. The number of quaternary nitrogens is 1. The predicted molar refractivity (Wildman–Crippen MR) is 96.1 cm³/mol. The highest BCUT2D eigenvalue weighted by molar-refractivity contribution is 5.95. The summed E-state index contributed by atoms with van der Waals surface area (Å²) in [5.41, 5.74) is 0.124. The van der Waals surface area contributed by atoms with Crippen molar-refractivity contribution in [1.82, 2.24) is 9.97 Å². The molecule has 26 heavy (non-hydrogen) atoms. The molecule has 1 aliphatic rings. The third-order valence-corrected chi connectivity index (χ3v) is 4.60. The second-order valence-corrected chi connectivity index (χ2v) is 6.18. The molecular formula is C17H21N6O3+. The van der Waals surface area contributed by atoms with Gasteiger partial charge in [-0.05, 0) is 19.1 Å². The van der Waals surface area contributed by atoms with E-state index >= 15 is 0 Å². The van der Waals surface area contributed by atoms with Crippen molar-refractivity contribution in [3.63, 3.8) is 0 Å². The van der Waals surface area contributed by atoms with Gasteiger partial charge in [-0.3, -0.25) is 14.9 Å². The fraction of sp³-hybridized carbons (Fsp3) is 0.353. The van der Waals surface area contributed by atoms with Crippen molar-refractivity contribution in [1.29, 1.82) is 0 Å². The first-order valence-electron chi connectivity index (χ1n) is 8.47. The van der Waals surface area contributed by atoms with Crippen LogP contribution in [0.1, 0.15) is 6.92 Å². The summed E-state index contributed by atoms with van der Waals surface area (Å²) < 4.78 is 0. The SMILES string of the molecule is C[C@H](C(=O)Nc1ccccc1[N+](=O)[O-])[NH+]1CCN(c2ncccn2)CC1. The van der Waals surface area contributed by atoms with Crippen molar-refractivity contribution >= 4 is 23.2 Å². The van der Waals surface area contributed by atoms with E-state index in [4.69, 9.17) is 0 Å². The van der Waals surface area contributed by atoms with Crippen LogP contribution >= 0.6 is 0 Å². The molecule has 9 heteroatoms. The molecule has 1 aromatic carbocycles. The maximum absolute atomic E-state index is 12.5. The first-order valence-corrected chi connectivity index (χ1v) is 8.47. The molecule has 0 aliphatic carbocycles. The fourth-order valence-corrected chi connectivity index (χ4v) is 3.05. The Balaban J connectivity index is 1.59. The zero-order chi connectivity index (χ0) is 18.5. The molecule has 136 valence electrons. The summed E-state index contributed by atoms with van der Waals surface area (Å²) in [6, 6.07) is 7.63. The number of nitrogens with one attached hydrogen (secondary N) is 2. The van der Waals surface area contributed by atoms with Gasteiger partial charge in [-0.15, -0.1) is 0 Å². The van der Waals surface area contributed by atoms with Gasteiger partial charge in [-0.25, -0.2) is 9.97 Å². The first kappa shape index (κ1) is 17.7. The molecule has 0 unspecified atom stereocenters. The van der Waals surface area contributed by atoms with E-state index in [0.717, 1.165) is 31.1 Å². The number of amides is 1. The van der Waals surface area contributed by atoms with Gasteiger partial charge in [0.05, 0.1) is 31.1 Å². The maximum Gasteiger partial charge on any atom is 0.292 e. The molecule has 1 aromatic heterocycles. The Morgan fingerprint density at radius 1 is 1.23 bits per heavy atom. The van der Waals surface area contributed by atoms with E-state index in [1.165, 1.54) is 6.07 Å². The number of rotatable bonds is 5. The minimum atomic E-state index is -0.494. The highest BCUT2D eigenvalue weighted by Gasteiger charge is 2.30. The summed E-state index contributed by atoms with van der Waals surface area (Å²) in [5, 5.41) is 13.8. The molecule has 2 aromatic rings. The molecule has 9 nitrogen and oxygen atoms in total. The van der Waals surface area contributed by atoms with E-state index in [1.54, 1.807) is 36.7 Å². The van der Waals surface area contributed by atoms with Gasteiger partial charge in [0, 0.05) is 18.5 Å². The molecular weight excluding hydrogens is 336 g/mol. The van der Waals surface area contributed by atoms with Crippen LogP contribution in [-0.2, 0) is 4.79 Å². The zero-order valence-corrected chi connectivity index (χ0v) is 14.5. The van der Waals surface area contributed by atoms with Gasteiger partial charge in [-0.1, -0.05) is 12.1 Å². The Bertz CT molecular complexity index is 777. The number of benzene rings is 1. The molecule has 1 atom stereocenters. The van der Waals surface area contributed by atoms with Crippen LogP contribution in [-0.4, -0.2) is 53.0 Å². The molecule has 2 heterocycles. The van der Waals surface area contributed by atoms with E-state index in [9.17, 15) is 14.9 Å². The highest BCUT2D eigenvalue weighted by Crippen LogP contribution is 2.23. The molecule has 0 radical (unpaired) electrons. The zero-order valence-electron chi connectivity index (χ0n) is 14.5. The van der Waals surface area contributed by atoms with Gasteiger partial charge in [-0.2, -0.15) is 0 Å². The highest BCUT2D eigenvalue weighted by atomic mass is 16.6. The summed E-state index contributed by atoms with van der Waals surface area (Å²) in [6.45, 7) is 4.88. The Hall–Kier alpha value is -3.07. The van der Waals surface area contributed by atoms with Crippen molar-refractivity contribution < 1.29 is 14.6 Å². The van der Waals surface area contributed by atoms with Gasteiger partial charge in [0.2, 0.25) is 5.95 Å². The molecule has 1 saturated heterocycles. The quantitative estimate of drug-likeness (QED) is 0.581. The largest absolute Gasteiger partial charge is 0.330 e. The number of anilines is 2. The number of piperazine rings is 1.